The number of hydrogen-bond acceptors (Lipinski definition) is 6. The molecule has 1 fully saturated rings. The average Bonchev–Trinajstić information content (AvgIpc) is 3.25. The van der Waals surface area contributed by atoms with Crippen molar-refractivity contribution < 1.29 is 10.2 Å². The van der Waals surface area contributed by atoms with Crippen molar-refractivity contribution in [2.45, 2.75) is 50.0 Å². The Hall–Kier alpha value is -2.33. The summed E-state index contributed by atoms with van der Waals surface area (Å²) in [7, 11) is 0. The zero-order valence-electron chi connectivity index (χ0n) is 16.5. The van der Waals surface area contributed by atoms with E-state index in [1.807, 2.05) is 23.1 Å². The Kier molecular flexibility index (Phi) is 5.16. The van der Waals surface area contributed by atoms with Crippen LogP contribution in [0.4, 0.5) is 17.5 Å². The Morgan fingerprint density at radius 1 is 1.31 bits per heavy atom. The van der Waals surface area contributed by atoms with E-state index in [4.69, 9.17) is 17.3 Å². The molecule has 1 aromatic heterocycles. The third-order valence-electron chi connectivity index (χ3n) is 5.98. The van der Waals surface area contributed by atoms with Crippen molar-refractivity contribution in [3.05, 3.63) is 40.5 Å². The molecule has 2 heterocycles. The van der Waals surface area contributed by atoms with Crippen molar-refractivity contribution in [3.8, 4) is 11.8 Å². The molecule has 0 saturated heterocycles. The first-order valence-electron chi connectivity index (χ1n) is 9.90. The van der Waals surface area contributed by atoms with E-state index < -0.39 is 5.60 Å². The molecule has 2 aromatic rings. The van der Waals surface area contributed by atoms with E-state index in [1.54, 1.807) is 0 Å². The lowest BCUT2D eigenvalue weighted by molar-refractivity contribution is 0.110. The topological polar surface area (TPSA) is 95.5 Å². The molecule has 4 rings (SSSR count). The van der Waals surface area contributed by atoms with Crippen LogP contribution in [0.5, 0.6) is 0 Å². The van der Waals surface area contributed by atoms with Gasteiger partial charge in [-0.05, 0) is 49.8 Å². The van der Waals surface area contributed by atoms with Crippen LogP contribution in [-0.4, -0.2) is 38.9 Å². The highest BCUT2D eigenvalue weighted by Gasteiger charge is 2.40. The van der Waals surface area contributed by atoms with Gasteiger partial charge in [0.1, 0.15) is 10.6 Å². The molecule has 0 amide bonds. The first-order chi connectivity index (χ1) is 13.8. The van der Waals surface area contributed by atoms with Gasteiger partial charge in [-0.15, -0.1) is 0 Å². The summed E-state index contributed by atoms with van der Waals surface area (Å²) in [6.45, 7) is 2.81. The molecule has 0 unspecified atom stereocenters. The van der Waals surface area contributed by atoms with Gasteiger partial charge in [0.2, 0.25) is 5.95 Å². The number of aromatic nitrogens is 2. The molecule has 0 radical (unpaired) electrons. The third-order valence-corrected chi connectivity index (χ3v) is 6.25. The zero-order chi connectivity index (χ0) is 20.6. The van der Waals surface area contributed by atoms with Gasteiger partial charge in [0.05, 0.1) is 6.20 Å². The molecule has 1 aliphatic heterocycles. The average molecular weight is 413 g/mol. The van der Waals surface area contributed by atoms with E-state index in [1.165, 1.54) is 6.20 Å². The van der Waals surface area contributed by atoms with E-state index >= 15 is 0 Å². The van der Waals surface area contributed by atoms with Crippen LogP contribution in [0.2, 0.25) is 5.02 Å². The van der Waals surface area contributed by atoms with E-state index in [0.29, 0.717) is 23.8 Å². The number of rotatable bonds is 3. The molecular formula is C22H25ClN4O2. The number of nitrogens with two attached hydrogens (primary N) is 1. The number of fused-ring (bicyclic) bond motifs is 1. The second kappa shape index (κ2) is 7.49. The first-order valence-corrected chi connectivity index (χ1v) is 10.3. The Morgan fingerprint density at radius 2 is 2.07 bits per heavy atom. The fourth-order valence-corrected chi connectivity index (χ4v) is 4.54. The summed E-state index contributed by atoms with van der Waals surface area (Å²) in [6.07, 6.45) is 5.58. The number of halogens is 1. The first kappa shape index (κ1) is 20.0. The van der Waals surface area contributed by atoms with Gasteiger partial charge in [-0.25, -0.2) is 4.98 Å². The number of anilines is 3. The monoisotopic (exact) mass is 412 g/mol. The van der Waals surface area contributed by atoms with Gasteiger partial charge in [0.25, 0.3) is 0 Å². The number of nitrogens with zero attached hydrogens (tertiary/aromatic N) is 3. The molecule has 1 aromatic carbocycles. The van der Waals surface area contributed by atoms with Crippen molar-refractivity contribution in [2.75, 3.05) is 23.8 Å². The molecule has 6 nitrogen and oxygen atoms in total. The fourth-order valence-electron chi connectivity index (χ4n) is 4.35. The highest BCUT2D eigenvalue weighted by atomic mass is 35.5. The standard InChI is InChI=1S/C22H25ClN4O2/c1-21(10-11-28)14-27(19-17(23)13-25-20(24)26-19)18-12-15(4-5-16(18)21)6-9-22(29)7-2-3-8-22/h4-5,12-13,28-29H,2-3,7-8,10-11,14H2,1H3,(H2,24,25,26)/t21-/m0/s1. The maximum Gasteiger partial charge on any atom is 0.222 e. The normalized spacial score (nSPS) is 22.3. The molecule has 0 bridgehead atoms. The van der Waals surface area contributed by atoms with E-state index in [0.717, 1.165) is 42.5 Å². The summed E-state index contributed by atoms with van der Waals surface area (Å²) >= 11 is 6.39. The largest absolute Gasteiger partial charge is 0.396 e. The van der Waals surface area contributed by atoms with E-state index in [-0.39, 0.29) is 18.0 Å². The van der Waals surface area contributed by atoms with Gasteiger partial charge >= 0.3 is 0 Å². The molecular weight excluding hydrogens is 388 g/mol. The van der Waals surface area contributed by atoms with Crippen LogP contribution in [0.15, 0.2) is 24.4 Å². The van der Waals surface area contributed by atoms with Crippen LogP contribution in [-0.2, 0) is 5.41 Å². The Bertz CT molecular complexity index is 994. The minimum Gasteiger partial charge on any atom is -0.396 e. The summed E-state index contributed by atoms with van der Waals surface area (Å²) in [4.78, 5) is 10.3. The van der Waals surface area contributed by atoms with Crippen molar-refractivity contribution in [2.24, 2.45) is 0 Å². The van der Waals surface area contributed by atoms with Crippen molar-refractivity contribution >= 4 is 29.1 Å². The van der Waals surface area contributed by atoms with E-state index in [2.05, 4.69) is 28.7 Å². The molecule has 152 valence electrons. The lowest BCUT2D eigenvalue weighted by Crippen LogP contribution is -2.30. The summed E-state index contributed by atoms with van der Waals surface area (Å²) in [5.74, 6) is 6.91. The fraction of sp³-hybridized carbons (Fsp3) is 0.455. The Labute approximate surface area is 175 Å². The van der Waals surface area contributed by atoms with Crippen molar-refractivity contribution in [3.63, 3.8) is 0 Å². The smallest absolute Gasteiger partial charge is 0.222 e. The number of hydrogen-bond donors (Lipinski definition) is 3. The molecule has 29 heavy (non-hydrogen) atoms. The minimum absolute atomic E-state index is 0.0814. The summed E-state index contributed by atoms with van der Waals surface area (Å²) in [5, 5.41) is 20.6. The molecule has 1 atom stereocenters. The number of benzene rings is 1. The van der Waals surface area contributed by atoms with Gasteiger partial charge in [-0.2, -0.15) is 4.98 Å². The number of aliphatic hydroxyl groups is 2. The Balaban J connectivity index is 1.78. The number of aliphatic hydroxyl groups excluding tert-OH is 1. The van der Waals surface area contributed by atoms with Crippen LogP contribution in [0.1, 0.15) is 50.2 Å². The summed E-state index contributed by atoms with van der Waals surface area (Å²) in [6, 6.07) is 6.02. The molecule has 1 aliphatic carbocycles. The van der Waals surface area contributed by atoms with Crippen LogP contribution in [0.25, 0.3) is 0 Å². The zero-order valence-corrected chi connectivity index (χ0v) is 17.2. The quantitative estimate of drug-likeness (QED) is 0.670. The van der Waals surface area contributed by atoms with Crippen LogP contribution in [0, 0.1) is 11.8 Å². The molecule has 0 spiro atoms. The van der Waals surface area contributed by atoms with E-state index in [9.17, 15) is 10.2 Å². The van der Waals surface area contributed by atoms with Crippen LogP contribution >= 0.6 is 11.6 Å². The predicted octanol–water partition coefficient (Wildman–Crippen LogP) is 3.16. The lowest BCUT2D eigenvalue weighted by Gasteiger charge is -2.25. The lowest BCUT2D eigenvalue weighted by atomic mass is 9.81. The maximum absolute atomic E-state index is 10.5. The maximum atomic E-state index is 10.5. The molecule has 7 heteroatoms. The highest BCUT2D eigenvalue weighted by molar-refractivity contribution is 6.33. The predicted molar refractivity (Wildman–Crippen MR) is 114 cm³/mol. The minimum atomic E-state index is -0.880. The van der Waals surface area contributed by atoms with Crippen molar-refractivity contribution in [1.29, 1.82) is 0 Å². The molecule has 1 saturated carbocycles. The third kappa shape index (κ3) is 3.78. The summed E-state index contributed by atoms with van der Waals surface area (Å²) in [5.41, 5.74) is 7.52. The second-order valence-corrected chi connectivity index (χ2v) is 8.65. The Morgan fingerprint density at radius 3 is 2.79 bits per heavy atom. The van der Waals surface area contributed by atoms with Crippen molar-refractivity contribution in [1.82, 2.24) is 9.97 Å². The van der Waals surface area contributed by atoms with Gasteiger partial charge in [-0.3, -0.25) is 0 Å². The highest BCUT2D eigenvalue weighted by Crippen LogP contribution is 2.47. The van der Waals surface area contributed by atoms with Gasteiger partial charge in [0.15, 0.2) is 5.82 Å². The summed E-state index contributed by atoms with van der Waals surface area (Å²) < 4.78 is 0. The van der Waals surface area contributed by atoms with Crippen LogP contribution < -0.4 is 10.6 Å². The van der Waals surface area contributed by atoms with Gasteiger partial charge in [-0.1, -0.05) is 36.4 Å². The van der Waals surface area contributed by atoms with Crippen LogP contribution in [0.3, 0.4) is 0 Å². The van der Waals surface area contributed by atoms with Gasteiger partial charge < -0.3 is 20.8 Å². The molecule has 4 N–H and O–H groups in total. The molecule has 2 aliphatic rings. The SMILES string of the molecule is C[C@]1(CCO)CN(c2nc(N)ncc2Cl)c2cc(C#CC3(O)CCCC3)ccc21. The number of nitrogen functional groups attached to an aromatic ring is 1. The van der Waals surface area contributed by atoms with Gasteiger partial charge in [0, 0.05) is 29.8 Å². The second-order valence-electron chi connectivity index (χ2n) is 8.24.